The molecule has 6 nitrogen and oxygen atoms in total. The smallest absolute Gasteiger partial charge is 0.209 e. The Bertz CT molecular complexity index is 984. The van der Waals surface area contributed by atoms with Gasteiger partial charge in [0, 0.05) is 15.2 Å². The molecule has 0 amide bonds. The van der Waals surface area contributed by atoms with E-state index < -0.39 is 0 Å². The van der Waals surface area contributed by atoms with Gasteiger partial charge in [0.05, 0.1) is 25.9 Å². The fraction of sp³-hybridized carbons (Fsp3) is 0.300. The zero-order valence-corrected chi connectivity index (χ0v) is 19.4. The third-order valence-corrected chi connectivity index (χ3v) is 5.82. The summed E-state index contributed by atoms with van der Waals surface area (Å²) in [6.07, 6.45) is 0. The first kappa shape index (κ1) is 21.8. The van der Waals surface area contributed by atoms with Crippen molar-refractivity contribution in [3.8, 4) is 28.6 Å². The van der Waals surface area contributed by atoms with E-state index >= 15 is 0 Å². The number of benzene rings is 2. The molecule has 0 fully saturated rings. The van der Waals surface area contributed by atoms with E-state index in [0.717, 1.165) is 27.1 Å². The number of nitrogens with zero attached hydrogens (tertiary/aromatic N) is 2. The van der Waals surface area contributed by atoms with Gasteiger partial charge in [-0.25, -0.2) is 4.98 Å². The lowest BCUT2D eigenvalue weighted by Crippen LogP contribution is -2.00. The van der Waals surface area contributed by atoms with E-state index in [1.165, 1.54) is 11.8 Å². The summed E-state index contributed by atoms with van der Waals surface area (Å²) in [7, 11) is 1.61. The van der Waals surface area contributed by atoms with E-state index in [2.05, 4.69) is 31.1 Å². The molecule has 154 valence electrons. The van der Waals surface area contributed by atoms with Crippen LogP contribution in [-0.4, -0.2) is 35.5 Å². The van der Waals surface area contributed by atoms with Crippen molar-refractivity contribution in [1.29, 1.82) is 0 Å². The Kier molecular flexibility index (Phi) is 7.69. The van der Waals surface area contributed by atoms with Crippen LogP contribution in [0.5, 0.6) is 17.2 Å². The predicted molar refractivity (Wildman–Crippen MR) is 119 cm³/mol. The van der Waals surface area contributed by atoms with E-state index in [1.54, 1.807) is 25.3 Å². The number of hydrogen-bond donors (Lipinski definition) is 1. The minimum atomic E-state index is 0.569. The standard InChI is InChI=1S/C20H21BrClN3O3S/c1-4-27-17-8-12(15(21)10-18(17)28-5-2)11-29-20-23-19(24-25-20)14-9-13(22)6-7-16(14)26-3/h6-10H,4-5,11H2,1-3H3,(H,23,24,25). The van der Waals surface area contributed by atoms with Gasteiger partial charge < -0.3 is 14.2 Å². The zero-order valence-electron chi connectivity index (χ0n) is 16.3. The molecule has 3 aromatic rings. The summed E-state index contributed by atoms with van der Waals surface area (Å²) in [5, 5.41) is 8.49. The van der Waals surface area contributed by atoms with E-state index in [1.807, 2.05) is 26.0 Å². The Morgan fingerprint density at radius 1 is 1.07 bits per heavy atom. The van der Waals surface area contributed by atoms with Crippen LogP contribution in [0.4, 0.5) is 0 Å². The molecule has 0 spiro atoms. The zero-order chi connectivity index (χ0) is 20.8. The number of rotatable bonds is 9. The van der Waals surface area contributed by atoms with Gasteiger partial charge in [-0.1, -0.05) is 39.3 Å². The summed E-state index contributed by atoms with van der Waals surface area (Å²) in [5.74, 6) is 3.40. The van der Waals surface area contributed by atoms with Crippen molar-refractivity contribution in [3.05, 3.63) is 45.4 Å². The topological polar surface area (TPSA) is 69.3 Å². The first-order chi connectivity index (χ1) is 14.0. The van der Waals surface area contributed by atoms with Crippen molar-refractivity contribution < 1.29 is 14.2 Å². The Morgan fingerprint density at radius 3 is 2.48 bits per heavy atom. The highest BCUT2D eigenvalue weighted by atomic mass is 79.9. The summed E-state index contributed by atoms with van der Waals surface area (Å²) < 4.78 is 17.7. The molecular weight excluding hydrogens is 478 g/mol. The lowest BCUT2D eigenvalue weighted by atomic mass is 10.2. The van der Waals surface area contributed by atoms with Crippen LogP contribution in [0.2, 0.25) is 5.02 Å². The highest BCUT2D eigenvalue weighted by Crippen LogP contribution is 2.37. The van der Waals surface area contributed by atoms with Gasteiger partial charge >= 0.3 is 0 Å². The molecule has 0 aliphatic carbocycles. The maximum atomic E-state index is 6.11. The summed E-state index contributed by atoms with van der Waals surface area (Å²) in [4.78, 5) is 4.57. The number of aromatic amines is 1. The van der Waals surface area contributed by atoms with Crippen LogP contribution < -0.4 is 14.2 Å². The van der Waals surface area contributed by atoms with E-state index in [0.29, 0.717) is 40.7 Å². The Labute approximate surface area is 187 Å². The van der Waals surface area contributed by atoms with Crippen LogP contribution >= 0.6 is 39.3 Å². The minimum Gasteiger partial charge on any atom is -0.496 e. The number of H-pyrrole nitrogens is 1. The van der Waals surface area contributed by atoms with Crippen molar-refractivity contribution in [3.63, 3.8) is 0 Å². The molecule has 0 unspecified atom stereocenters. The molecule has 0 bridgehead atoms. The second-order valence-corrected chi connectivity index (χ2v) is 8.09. The lowest BCUT2D eigenvalue weighted by molar-refractivity contribution is 0.287. The number of hydrogen-bond acceptors (Lipinski definition) is 6. The molecular formula is C20H21BrClN3O3S. The van der Waals surface area contributed by atoms with Crippen LogP contribution in [0.25, 0.3) is 11.4 Å². The Hall–Kier alpha value is -1.90. The van der Waals surface area contributed by atoms with Gasteiger partial charge in [0.25, 0.3) is 0 Å². The number of nitrogens with one attached hydrogen (secondary N) is 1. The van der Waals surface area contributed by atoms with Crippen LogP contribution in [0.3, 0.4) is 0 Å². The van der Waals surface area contributed by atoms with Gasteiger partial charge in [-0.05, 0) is 49.7 Å². The van der Waals surface area contributed by atoms with Crippen molar-refractivity contribution in [2.24, 2.45) is 0 Å². The highest BCUT2D eigenvalue weighted by molar-refractivity contribution is 9.10. The van der Waals surface area contributed by atoms with E-state index in [9.17, 15) is 0 Å². The van der Waals surface area contributed by atoms with Crippen molar-refractivity contribution in [2.75, 3.05) is 20.3 Å². The van der Waals surface area contributed by atoms with E-state index in [-0.39, 0.29) is 0 Å². The maximum Gasteiger partial charge on any atom is 0.209 e. The monoisotopic (exact) mass is 497 g/mol. The average molecular weight is 499 g/mol. The summed E-state index contributed by atoms with van der Waals surface area (Å²) in [6.45, 7) is 5.04. The quantitative estimate of drug-likeness (QED) is 0.366. The van der Waals surface area contributed by atoms with Crippen molar-refractivity contribution >= 4 is 39.3 Å². The number of aromatic nitrogens is 3. The first-order valence-corrected chi connectivity index (χ1v) is 11.2. The van der Waals surface area contributed by atoms with Gasteiger partial charge in [0.1, 0.15) is 5.75 Å². The van der Waals surface area contributed by atoms with Gasteiger partial charge in [-0.3, -0.25) is 5.10 Å². The van der Waals surface area contributed by atoms with Crippen molar-refractivity contribution in [2.45, 2.75) is 24.8 Å². The van der Waals surface area contributed by atoms with Crippen LogP contribution in [0.1, 0.15) is 19.4 Å². The molecule has 1 heterocycles. The largest absolute Gasteiger partial charge is 0.496 e. The van der Waals surface area contributed by atoms with Crippen molar-refractivity contribution in [1.82, 2.24) is 15.2 Å². The third kappa shape index (κ3) is 5.38. The summed E-state index contributed by atoms with van der Waals surface area (Å²) in [6, 6.07) is 9.30. The lowest BCUT2D eigenvalue weighted by Gasteiger charge is -2.13. The molecule has 9 heteroatoms. The van der Waals surface area contributed by atoms with E-state index in [4.69, 9.17) is 25.8 Å². The molecule has 3 rings (SSSR count). The number of ether oxygens (including phenoxy) is 3. The van der Waals surface area contributed by atoms with Gasteiger partial charge in [-0.2, -0.15) is 0 Å². The SMILES string of the molecule is CCOc1cc(Br)c(CSc2n[nH]c(-c3cc(Cl)ccc3OC)n2)cc1OCC. The molecule has 29 heavy (non-hydrogen) atoms. The van der Waals surface area contributed by atoms with Crippen LogP contribution in [-0.2, 0) is 5.75 Å². The number of halogens is 2. The average Bonchev–Trinajstić information content (AvgIpc) is 3.18. The molecule has 0 atom stereocenters. The second kappa shape index (κ2) is 10.2. The molecule has 0 aliphatic rings. The molecule has 1 aromatic heterocycles. The molecule has 0 radical (unpaired) electrons. The molecule has 1 N–H and O–H groups in total. The number of methoxy groups -OCH3 is 1. The van der Waals surface area contributed by atoms with Crippen LogP contribution in [0.15, 0.2) is 40.0 Å². The first-order valence-electron chi connectivity index (χ1n) is 9.02. The van der Waals surface area contributed by atoms with Gasteiger partial charge in [-0.15, -0.1) is 5.10 Å². The fourth-order valence-corrected chi connectivity index (χ4v) is 4.27. The Morgan fingerprint density at radius 2 is 1.79 bits per heavy atom. The fourth-order valence-electron chi connectivity index (χ4n) is 2.66. The summed E-state index contributed by atoms with van der Waals surface area (Å²) in [5.41, 5.74) is 1.83. The summed E-state index contributed by atoms with van der Waals surface area (Å²) >= 11 is 11.2. The predicted octanol–water partition coefficient (Wildman–Crippen LogP) is 5.99. The second-order valence-electron chi connectivity index (χ2n) is 5.86. The van der Waals surface area contributed by atoms with Crippen LogP contribution in [0, 0.1) is 0 Å². The van der Waals surface area contributed by atoms with Gasteiger partial charge in [0.15, 0.2) is 17.3 Å². The molecule has 0 saturated heterocycles. The molecule has 0 aliphatic heterocycles. The number of thioether (sulfide) groups is 1. The van der Waals surface area contributed by atoms with Gasteiger partial charge in [0.2, 0.25) is 5.16 Å². The molecule has 0 saturated carbocycles. The Balaban J connectivity index is 1.78. The third-order valence-electron chi connectivity index (χ3n) is 3.95. The highest BCUT2D eigenvalue weighted by Gasteiger charge is 2.14. The minimum absolute atomic E-state index is 0.569. The normalized spacial score (nSPS) is 10.8. The molecule has 2 aromatic carbocycles. The maximum absolute atomic E-state index is 6.11.